The van der Waals surface area contributed by atoms with E-state index in [1.807, 2.05) is 32.0 Å². The van der Waals surface area contributed by atoms with Crippen LogP contribution in [0.15, 0.2) is 46.2 Å². The zero-order valence-electron chi connectivity index (χ0n) is 14.2. The number of nitrogens with zero attached hydrogens (tertiary/aromatic N) is 3. The van der Waals surface area contributed by atoms with Gasteiger partial charge in [0, 0.05) is 5.69 Å². The first-order valence-electron chi connectivity index (χ1n) is 7.75. The van der Waals surface area contributed by atoms with E-state index in [2.05, 4.69) is 15.5 Å². The molecule has 0 aliphatic rings. The molecule has 8 heteroatoms. The second-order valence-corrected chi connectivity index (χ2v) is 6.98. The van der Waals surface area contributed by atoms with Gasteiger partial charge in [-0.25, -0.2) is 4.68 Å². The average Bonchev–Trinajstić information content (AvgIpc) is 3.21. The van der Waals surface area contributed by atoms with Gasteiger partial charge < -0.3 is 15.6 Å². The van der Waals surface area contributed by atoms with Gasteiger partial charge >= 0.3 is 0 Å². The molecule has 25 heavy (non-hydrogen) atoms. The van der Waals surface area contributed by atoms with E-state index in [1.54, 1.807) is 19.1 Å². The smallest absolute Gasteiger partial charge is 0.237 e. The zero-order valence-corrected chi connectivity index (χ0v) is 15.0. The molecule has 0 bridgehead atoms. The molecule has 7 nitrogen and oxygen atoms in total. The molecule has 1 atom stereocenters. The monoisotopic (exact) mass is 357 g/mol. The third kappa shape index (κ3) is 3.53. The summed E-state index contributed by atoms with van der Waals surface area (Å²) in [7, 11) is 0. The number of thioether (sulfide) groups is 1. The fraction of sp³-hybridized carbons (Fsp3) is 0.235. The van der Waals surface area contributed by atoms with Crippen LogP contribution in [0.2, 0.25) is 0 Å². The number of nitrogens with one attached hydrogen (secondary N) is 1. The lowest BCUT2D eigenvalue weighted by atomic mass is 10.1. The van der Waals surface area contributed by atoms with E-state index >= 15 is 0 Å². The summed E-state index contributed by atoms with van der Waals surface area (Å²) in [6.45, 7) is 5.73. The molecular weight excluding hydrogens is 338 g/mol. The number of amides is 1. The van der Waals surface area contributed by atoms with Crippen molar-refractivity contribution >= 4 is 23.4 Å². The van der Waals surface area contributed by atoms with Gasteiger partial charge in [0.2, 0.25) is 16.9 Å². The minimum atomic E-state index is -0.394. The van der Waals surface area contributed by atoms with Crippen LogP contribution >= 0.6 is 11.8 Å². The highest BCUT2D eigenvalue weighted by molar-refractivity contribution is 8.00. The van der Waals surface area contributed by atoms with Gasteiger partial charge in [-0.2, -0.15) is 0 Å². The third-order valence-corrected chi connectivity index (χ3v) is 4.84. The number of anilines is 1. The Morgan fingerprint density at radius 3 is 2.60 bits per heavy atom. The van der Waals surface area contributed by atoms with E-state index in [4.69, 9.17) is 10.3 Å². The van der Waals surface area contributed by atoms with Gasteiger partial charge in [-0.1, -0.05) is 30.0 Å². The van der Waals surface area contributed by atoms with Gasteiger partial charge in [-0.3, -0.25) is 4.79 Å². The molecule has 0 aliphatic heterocycles. The number of nitrogen functional groups attached to an aromatic ring is 1. The number of aryl methyl sites for hydroxylation is 2. The van der Waals surface area contributed by atoms with E-state index in [0.29, 0.717) is 16.7 Å². The fourth-order valence-electron chi connectivity index (χ4n) is 2.38. The van der Waals surface area contributed by atoms with Gasteiger partial charge in [-0.15, -0.1) is 10.2 Å². The van der Waals surface area contributed by atoms with Crippen LogP contribution < -0.4 is 11.2 Å². The average molecular weight is 357 g/mol. The summed E-state index contributed by atoms with van der Waals surface area (Å²) in [4.78, 5) is 12.5. The maximum absolute atomic E-state index is 12.5. The second-order valence-electron chi connectivity index (χ2n) is 5.67. The Kier molecular flexibility index (Phi) is 4.80. The SMILES string of the molecule is Cc1cccc(C)c1NC(=O)[C@@H](C)Sc1nnc(-c2ccco2)n1N. The van der Waals surface area contributed by atoms with Gasteiger partial charge in [0.25, 0.3) is 0 Å². The van der Waals surface area contributed by atoms with Crippen molar-refractivity contribution in [3.8, 4) is 11.6 Å². The first-order chi connectivity index (χ1) is 12.0. The second kappa shape index (κ2) is 7.02. The molecule has 0 spiro atoms. The number of aromatic nitrogens is 3. The number of furan rings is 1. The van der Waals surface area contributed by atoms with E-state index < -0.39 is 5.25 Å². The molecule has 3 N–H and O–H groups in total. The number of carbonyl (C=O) groups excluding carboxylic acids is 1. The molecular formula is C17H19N5O2S. The third-order valence-electron chi connectivity index (χ3n) is 3.79. The summed E-state index contributed by atoms with van der Waals surface area (Å²) in [5.74, 6) is 6.84. The van der Waals surface area contributed by atoms with Crippen molar-refractivity contribution in [1.82, 2.24) is 14.9 Å². The van der Waals surface area contributed by atoms with Crippen LogP contribution in [0.4, 0.5) is 5.69 Å². The molecule has 130 valence electrons. The molecule has 0 aliphatic carbocycles. The number of rotatable bonds is 5. The van der Waals surface area contributed by atoms with E-state index in [0.717, 1.165) is 16.8 Å². The maximum Gasteiger partial charge on any atom is 0.237 e. The molecule has 2 aromatic heterocycles. The molecule has 0 unspecified atom stereocenters. The zero-order chi connectivity index (χ0) is 18.0. The molecule has 0 fully saturated rings. The van der Waals surface area contributed by atoms with E-state index in [-0.39, 0.29) is 5.91 Å². The minimum absolute atomic E-state index is 0.120. The highest BCUT2D eigenvalue weighted by Crippen LogP contribution is 2.26. The number of para-hydroxylation sites is 1. The van der Waals surface area contributed by atoms with Crippen LogP contribution in [0.1, 0.15) is 18.1 Å². The van der Waals surface area contributed by atoms with Crippen molar-refractivity contribution in [2.75, 3.05) is 11.2 Å². The lowest BCUT2D eigenvalue weighted by Crippen LogP contribution is -2.24. The molecule has 3 rings (SSSR count). The van der Waals surface area contributed by atoms with Crippen LogP contribution in [0.3, 0.4) is 0 Å². The quantitative estimate of drug-likeness (QED) is 0.538. The standard InChI is InChI=1S/C17H19N5O2S/c1-10-6-4-7-11(2)14(10)19-16(23)12(3)25-17-21-20-15(22(17)18)13-8-5-9-24-13/h4-9,12H,18H2,1-3H3,(H,19,23)/t12-/m1/s1. The van der Waals surface area contributed by atoms with Crippen molar-refractivity contribution in [3.63, 3.8) is 0 Å². The van der Waals surface area contributed by atoms with Gasteiger partial charge in [0.1, 0.15) is 0 Å². The molecule has 2 heterocycles. The van der Waals surface area contributed by atoms with Crippen molar-refractivity contribution in [2.45, 2.75) is 31.2 Å². The number of hydrogen-bond donors (Lipinski definition) is 2. The van der Waals surface area contributed by atoms with Crippen LogP contribution in [-0.2, 0) is 4.79 Å². The molecule has 0 radical (unpaired) electrons. The normalized spacial score (nSPS) is 12.1. The first kappa shape index (κ1) is 17.1. The Labute approximate surface area is 149 Å². The topological polar surface area (TPSA) is 99.0 Å². The number of nitrogens with two attached hydrogens (primary N) is 1. The minimum Gasteiger partial charge on any atom is -0.461 e. The number of carbonyl (C=O) groups is 1. The molecule has 0 saturated heterocycles. The van der Waals surface area contributed by atoms with Crippen molar-refractivity contribution < 1.29 is 9.21 Å². The van der Waals surface area contributed by atoms with Gasteiger partial charge in [0.05, 0.1) is 11.5 Å². The summed E-state index contributed by atoms with van der Waals surface area (Å²) < 4.78 is 6.61. The van der Waals surface area contributed by atoms with Crippen LogP contribution in [0.25, 0.3) is 11.6 Å². The summed E-state index contributed by atoms with van der Waals surface area (Å²) in [6, 6.07) is 9.39. The largest absolute Gasteiger partial charge is 0.461 e. The molecule has 0 saturated carbocycles. The number of benzene rings is 1. The summed E-state index contributed by atoms with van der Waals surface area (Å²) in [5, 5.41) is 11.1. The van der Waals surface area contributed by atoms with Crippen LogP contribution in [-0.4, -0.2) is 26.0 Å². The fourth-order valence-corrected chi connectivity index (χ4v) is 3.15. The first-order valence-corrected chi connectivity index (χ1v) is 8.63. The Bertz CT molecular complexity index is 868. The predicted molar refractivity (Wildman–Crippen MR) is 97.7 cm³/mol. The lowest BCUT2D eigenvalue weighted by Gasteiger charge is -2.15. The van der Waals surface area contributed by atoms with Gasteiger partial charge in [-0.05, 0) is 44.0 Å². The number of hydrogen-bond acceptors (Lipinski definition) is 6. The highest BCUT2D eigenvalue weighted by atomic mass is 32.2. The van der Waals surface area contributed by atoms with Crippen molar-refractivity contribution in [3.05, 3.63) is 47.7 Å². The molecule has 1 aromatic carbocycles. The molecule has 3 aromatic rings. The Balaban J connectivity index is 1.72. The molecule has 1 amide bonds. The van der Waals surface area contributed by atoms with E-state index in [1.165, 1.54) is 22.7 Å². The summed E-state index contributed by atoms with van der Waals surface area (Å²) in [6.07, 6.45) is 1.54. The predicted octanol–water partition coefficient (Wildman–Crippen LogP) is 2.99. The van der Waals surface area contributed by atoms with Crippen molar-refractivity contribution in [1.29, 1.82) is 0 Å². The summed E-state index contributed by atoms with van der Waals surface area (Å²) >= 11 is 1.24. The Hall–Kier alpha value is -2.74. The summed E-state index contributed by atoms with van der Waals surface area (Å²) in [5.41, 5.74) is 2.88. The Morgan fingerprint density at radius 1 is 1.24 bits per heavy atom. The maximum atomic E-state index is 12.5. The van der Waals surface area contributed by atoms with E-state index in [9.17, 15) is 4.79 Å². The lowest BCUT2D eigenvalue weighted by molar-refractivity contribution is -0.115. The van der Waals surface area contributed by atoms with Crippen LogP contribution in [0, 0.1) is 13.8 Å². The van der Waals surface area contributed by atoms with Gasteiger partial charge in [0.15, 0.2) is 5.76 Å². The Morgan fingerprint density at radius 2 is 1.96 bits per heavy atom. The highest BCUT2D eigenvalue weighted by Gasteiger charge is 2.21. The van der Waals surface area contributed by atoms with Crippen molar-refractivity contribution in [2.24, 2.45) is 0 Å². The van der Waals surface area contributed by atoms with Crippen LogP contribution in [0.5, 0.6) is 0 Å².